The second-order valence-corrected chi connectivity index (χ2v) is 10.6. The van der Waals surface area contributed by atoms with Gasteiger partial charge in [0.15, 0.2) is 11.6 Å². The van der Waals surface area contributed by atoms with Crippen molar-refractivity contribution < 1.29 is 29.0 Å². The molecule has 2 aromatic heterocycles. The summed E-state index contributed by atoms with van der Waals surface area (Å²) >= 11 is 1.46. The van der Waals surface area contributed by atoms with Crippen LogP contribution in [0.3, 0.4) is 0 Å². The van der Waals surface area contributed by atoms with Crippen LogP contribution in [-0.2, 0) is 9.59 Å². The van der Waals surface area contributed by atoms with Crippen LogP contribution in [0.15, 0.2) is 29.8 Å². The van der Waals surface area contributed by atoms with Gasteiger partial charge in [0.05, 0.1) is 5.69 Å². The summed E-state index contributed by atoms with van der Waals surface area (Å²) in [6.45, 7) is 4.65. The van der Waals surface area contributed by atoms with Gasteiger partial charge in [0.2, 0.25) is 5.91 Å². The Kier molecular flexibility index (Phi) is 9.25. The number of hydrogen-bond acceptors (Lipinski definition) is 8. The Morgan fingerprint density at radius 2 is 1.88 bits per heavy atom. The molecule has 3 N–H and O–H groups in total. The number of carbonyl (C=O) groups excluding carboxylic acids is 4. The minimum Gasteiger partial charge on any atom is -0.508 e. The molecule has 1 aromatic carbocycles. The lowest BCUT2D eigenvalue weighted by atomic mass is 10.2. The Morgan fingerprint density at radius 3 is 2.67 bits per heavy atom. The lowest BCUT2D eigenvalue weighted by Crippen LogP contribution is -2.47. The number of amides is 4. The quantitative estimate of drug-likeness (QED) is 0.405. The Labute approximate surface area is 235 Å². The van der Waals surface area contributed by atoms with Crippen molar-refractivity contribution in [3.05, 3.63) is 46.7 Å². The summed E-state index contributed by atoms with van der Waals surface area (Å²) in [4.78, 5) is 60.1. The lowest BCUT2D eigenvalue weighted by Gasteiger charge is -2.25. The number of rotatable bonds is 1. The summed E-state index contributed by atoms with van der Waals surface area (Å²) < 4.78 is 7.26. The van der Waals surface area contributed by atoms with Gasteiger partial charge >= 0.3 is 0 Å². The number of benzene rings is 1. The summed E-state index contributed by atoms with van der Waals surface area (Å²) in [5.74, 6) is -1.39. The van der Waals surface area contributed by atoms with Crippen molar-refractivity contribution in [1.29, 1.82) is 0 Å². The van der Waals surface area contributed by atoms with E-state index in [2.05, 4.69) is 15.6 Å². The molecule has 2 bridgehead atoms. The van der Waals surface area contributed by atoms with E-state index in [1.165, 1.54) is 29.5 Å². The molecule has 4 amide bonds. The van der Waals surface area contributed by atoms with Crippen LogP contribution in [0.25, 0.3) is 4.96 Å². The molecule has 13 heteroatoms. The summed E-state index contributed by atoms with van der Waals surface area (Å²) in [5, 5.41) is 17.4. The topological polar surface area (TPSA) is 146 Å². The zero-order valence-electron chi connectivity index (χ0n) is 22.8. The second kappa shape index (κ2) is 12.8. The molecule has 0 radical (unpaired) electrons. The van der Waals surface area contributed by atoms with Gasteiger partial charge in [-0.25, -0.2) is 4.98 Å². The molecule has 3 heterocycles. The predicted molar refractivity (Wildman–Crippen MR) is 149 cm³/mol. The molecule has 0 saturated carbocycles. The van der Waals surface area contributed by atoms with Crippen LogP contribution in [0.1, 0.15) is 52.7 Å². The van der Waals surface area contributed by atoms with E-state index in [0.29, 0.717) is 56.8 Å². The van der Waals surface area contributed by atoms with Crippen LogP contribution >= 0.6 is 11.3 Å². The fraction of sp³-hybridized carbons (Fsp3) is 0.444. The van der Waals surface area contributed by atoms with Gasteiger partial charge in [-0.1, -0.05) is 0 Å². The zero-order chi connectivity index (χ0) is 28.8. The first-order chi connectivity index (χ1) is 19.1. The third kappa shape index (κ3) is 6.89. The number of carbonyl (C=O) groups is 4. The normalized spacial score (nSPS) is 18.7. The van der Waals surface area contributed by atoms with Crippen LogP contribution in [0.4, 0.5) is 0 Å². The molecule has 40 heavy (non-hydrogen) atoms. The molecule has 0 saturated heterocycles. The Bertz CT molecular complexity index is 1400. The Balaban J connectivity index is 1.52. The largest absolute Gasteiger partial charge is 0.508 e. The summed E-state index contributed by atoms with van der Waals surface area (Å²) in [6, 6.07) is 3.25. The minimum absolute atomic E-state index is 0.137. The molecule has 3 aromatic rings. The number of nitrogens with zero attached hydrogens (tertiary/aromatic N) is 4. The fourth-order valence-electron chi connectivity index (χ4n) is 4.57. The van der Waals surface area contributed by atoms with Gasteiger partial charge < -0.3 is 30.3 Å². The highest BCUT2D eigenvalue weighted by Gasteiger charge is 2.24. The molecule has 1 aliphatic rings. The summed E-state index contributed by atoms with van der Waals surface area (Å²) in [7, 11) is 1.68. The molecule has 0 spiro atoms. The molecule has 1 aliphatic heterocycles. The molecular weight excluding hydrogens is 536 g/mol. The van der Waals surface area contributed by atoms with Crippen molar-refractivity contribution in [2.75, 3.05) is 39.8 Å². The maximum atomic E-state index is 13.6. The van der Waals surface area contributed by atoms with E-state index in [4.69, 9.17) is 4.74 Å². The Morgan fingerprint density at radius 1 is 1.12 bits per heavy atom. The molecule has 0 fully saturated rings. The van der Waals surface area contributed by atoms with Crippen molar-refractivity contribution in [3.63, 3.8) is 0 Å². The summed E-state index contributed by atoms with van der Waals surface area (Å²) in [5.41, 5.74) is 1.33. The number of aromatic nitrogens is 2. The lowest BCUT2D eigenvalue weighted by molar-refractivity contribution is -0.135. The van der Waals surface area contributed by atoms with E-state index >= 15 is 0 Å². The highest BCUT2D eigenvalue weighted by Crippen LogP contribution is 2.22. The van der Waals surface area contributed by atoms with Gasteiger partial charge in [-0.05, 0) is 45.2 Å². The molecule has 1 atom stereocenters. The highest BCUT2D eigenvalue weighted by atomic mass is 32.1. The number of phenols is 1. The average Bonchev–Trinajstić information content (AvgIpc) is 3.49. The number of imidazole rings is 1. The van der Waals surface area contributed by atoms with Crippen molar-refractivity contribution in [2.45, 2.75) is 39.2 Å². The molecule has 214 valence electrons. The second-order valence-electron chi connectivity index (χ2n) is 9.76. The van der Waals surface area contributed by atoms with E-state index in [1.807, 2.05) is 18.5 Å². The number of likely N-dealkylation sites (N-methyl/N-ethyl adjacent to an activating group) is 1. The van der Waals surface area contributed by atoms with Gasteiger partial charge in [0, 0.05) is 56.4 Å². The molecule has 0 aliphatic carbocycles. The van der Waals surface area contributed by atoms with Gasteiger partial charge in [-0.2, -0.15) is 0 Å². The van der Waals surface area contributed by atoms with Crippen LogP contribution in [0, 0.1) is 6.92 Å². The number of fused-ring (bicyclic) bond motifs is 3. The van der Waals surface area contributed by atoms with E-state index in [9.17, 15) is 24.3 Å². The van der Waals surface area contributed by atoms with E-state index in [1.54, 1.807) is 28.2 Å². The fourth-order valence-corrected chi connectivity index (χ4v) is 5.33. The van der Waals surface area contributed by atoms with E-state index < -0.39 is 17.9 Å². The van der Waals surface area contributed by atoms with Crippen LogP contribution in [0.5, 0.6) is 11.5 Å². The smallest absolute Gasteiger partial charge is 0.272 e. The number of aromatic hydroxyl groups is 1. The average molecular weight is 571 g/mol. The van der Waals surface area contributed by atoms with Crippen LogP contribution in [-0.4, -0.2) is 93.8 Å². The summed E-state index contributed by atoms with van der Waals surface area (Å²) in [6.07, 6.45) is 3.64. The third-order valence-electron chi connectivity index (χ3n) is 6.64. The first-order valence-electron chi connectivity index (χ1n) is 13.1. The minimum atomic E-state index is -0.770. The maximum absolute atomic E-state index is 13.6. The number of aryl methyl sites for hydroxylation is 1. The van der Waals surface area contributed by atoms with E-state index in [0.717, 1.165) is 4.96 Å². The number of thiazole rings is 1. The van der Waals surface area contributed by atoms with E-state index in [-0.39, 0.29) is 35.5 Å². The molecular formula is C27H34N6O6S. The molecule has 0 unspecified atom stereocenters. The van der Waals surface area contributed by atoms with Gasteiger partial charge in [0.25, 0.3) is 17.7 Å². The van der Waals surface area contributed by atoms with Crippen molar-refractivity contribution in [3.8, 4) is 11.5 Å². The maximum Gasteiger partial charge on any atom is 0.272 e. The SMILES string of the molecule is Cc1nc2sccn2c1C(=O)N1CCCCN(C)C(=O)[C@H](C)NC(=O)COc2cc(O)cc(c2)C(=O)NCCC1. The molecule has 4 rings (SSSR count). The zero-order valence-corrected chi connectivity index (χ0v) is 23.6. The number of ether oxygens (including phenoxy) is 1. The predicted octanol–water partition coefficient (Wildman–Crippen LogP) is 1.81. The highest BCUT2D eigenvalue weighted by molar-refractivity contribution is 7.15. The third-order valence-corrected chi connectivity index (χ3v) is 7.39. The van der Waals surface area contributed by atoms with Gasteiger partial charge in [-0.15, -0.1) is 11.3 Å². The van der Waals surface area contributed by atoms with Crippen molar-refractivity contribution >= 4 is 39.9 Å². The number of hydrogen-bond donors (Lipinski definition) is 3. The standard InChI is InChI=1S/C27H34N6O6S/c1-17-23(33-11-12-40-27(33)30-17)26(38)32-9-5-4-8-31(3)25(37)18(2)29-22(35)16-39-21-14-19(13-20(34)15-21)24(36)28-7-6-10-32/h11-15,18,34H,4-10,16H2,1-3H3,(H,28,36)(H,29,35)/t18-/m0/s1. The van der Waals surface area contributed by atoms with Crippen LogP contribution < -0.4 is 15.4 Å². The van der Waals surface area contributed by atoms with Crippen molar-refractivity contribution in [1.82, 2.24) is 29.8 Å². The van der Waals surface area contributed by atoms with Crippen molar-refractivity contribution in [2.24, 2.45) is 0 Å². The van der Waals surface area contributed by atoms with Crippen LogP contribution in [0.2, 0.25) is 0 Å². The first-order valence-corrected chi connectivity index (χ1v) is 14.0. The van der Waals surface area contributed by atoms with Gasteiger partial charge in [0.1, 0.15) is 23.2 Å². The number of nitrogens with one attached hydrogen (secondary N) is 2. The number of phenolic OH excluding ortho intramolecular Hbond substituents is 1. The Hall–Kier alpha value is -4.13. The van der Waals surface area contributed by atoms with Gasteiger partial charge in [-0.3, -0.25) is 23.6 Å². The first kappa shape index (κ1) is 28.9. The monoisotopic (exact) mass is 570 g/mol. The molecule has 12 nitrogen and oxygen atoms in total.